The first kappa shape index (κ1) is 43.3. The van der Waals surface area contributed by atoms with E-state index in [1.165, 1.54) is 17.5 Å². The van der Waals surface area contributed by atoms with Gasteiger partial charge in [-0.1, -0.05) is 44.6 Å². The smallest absolute Gasteiger partial charge is 0.321 e. The topological polar surface area (TPSA) is 183 Å². The van der Waals surface area contributed by atoms with Gasteiger partial charge in [-0.2, -0.15) is 0 Å². The van der Waals surface area contributed by atoms with Gasteiger partial charge in [0.05, 0.1) is 31.0 Å². The van der Waals surface area contributed by atoms with Crippen molar-refractivity contribution in [3.05, 3.63) is 23.8 Å². The fraction of sp³-hybridized carbons (Fsp3) is 0.867. The van der Waals surface area contributed by atoms with E-state index >= 15 is 0 Å². The number of thioether (sulfide) groups is 1. The standard InChI is InChI=1S/C45H70N2O10S/c1-26-8-6-10-36-42(20-27(2)29(4)23-47-36)15-11-30(35(24-48)58-25-34(46)40(50)51)19-33(42)38-39-37(49)28(3)21-44(55-38,56-39)22-32-9-7-13-43(53-32)16-17-45(57-43)41(5,52)14-12-31(18-26)54-45/h19,27-29,31-35,37-39,48-49,52H,1,6-18,20-25,46H2,2-5H3,(H,50,51)/t27-,28+,29-,31-,32+,33-,34-,35-,37+,38-,39+,41+,42+,43+,44+,45+/m0/s1. The van der Waals surface area contributed by atoms with Crippen LogP contribution in [0.25, 0.3) is 0 Å². The van der Waals surface area contributed by atoms with Gasteiger partial charge in [-0.05, 0) is 95.3 Å². The third-order valence-electron chi connectivity index (χ3n) is 15.8. The number of nitrogens with zero attached hydrogens (tertiary/aromatic N) is 1. The molecule has 0 aromatic carbocycles. The minimum atomic E-state index is -1.16. The van der Waals surface area contributed by atoms with Crippen molar-refractivity contribution in [2.75, 3.05) is 18.9 Å². The van der Waals surface area contributed by atoms with E-state index in [4.69, 9.17) is 34.4 Å². The molecule has 0 aromatic rings. The molecule has 0 amide bonds. The summed E-state index contributed by atoms with van der Waals surface area (Å²) < 4.78 is 35.3. The molecule has 0 radical (unpaired) electrons. The second-order valence-corrected chi connectivity index (χ2v) is 21.3. The number of nitrogens with two attached hydrogens (primary N) is 1. The molecule has 8 aliphatic rings. The highest BCUT2D eigenvalue weighted by Crippen LogP contribution is 2.59. The van der Waals surface area contributed by atoms with E-state index in [9.17, 15) is 25.2 Å². The number of carbonyl (C=O) groups is 1. The van der Waals surface area contributed by atoms with Gasteiger partial charge in [0.2, 0.25) is 5.79 Å². The molecule has 13 heteroatoms. The van der Waals surface area contributed by atoms with E-state index in [1.54, 1.807) is 0 Å². The lowest BCUT2D eigenvalue weighted by atomic mass is 9.57. The highest BCUT2D eigenvalue weighted by Gasteiger charge is 2.66. The zero-order valence-electron chi connectivity index (χ0n) is 35.2. The van der Waals surface area contributed by atoms with E-state index in [0.717, 1.165) is 81.9 Å². The molecule has 7 heterocycles. The van der Waals surface area contributed by atoms with Crippen LogP contribution in [0.15, 0.2) is 28.8 Å². The van der Waals surface area contributed by atoms with Crippen LogP contribution >= 0.6 is 11.8 Å². The molecule has 6 fully saturated rings. The van der Waals surface area contributed by atoms with E-state index in [1.807, 2.05) is 6.92 Å². The maximum atomic E-state index is 12.0. The lowest BCUT2D eigenvalue weighted by Gasteiger charge is -2.50. The van der Waals surface area contributed by atoms with Crippen molar-refractivity contribution in [3.63, 3.8) is 0 Å². The van der Waals surface area contributed by atoms with Crippen molar-refractivity contribution < 1.29 is 48.9 Å². The third-order valence-corrected chi connectivity index (χ3v) is 17.2. The zero-order valence-corrected chi connectivity index (χ0v) is 36.1. The van der Waals surface area contributed by atoms with Gasteiger partial charge in [0.15, 0.2) is 11.6 Å². The van der Waals surface area contributed by atoms with Crippen LogP contribution in [0.1, 0.15) is 130 Å². The molecule has 7 aliphatic heterocycles. The quantitative estimate of drug-likeness (QED) is 0.196. The molecule has 7 bridgehead atoms. The second kappa shape index (κ2) is 16.4. The second-order valence-electron chi connectivity index (χ2n) is 20.0. The molecule has 1 aliphatic carbocycles. The fourth-order valence-electron chi connectivity index (χ4n) is 12.2. The summed E-state index contributed by atoms with van der Waals surface area (Å²) in [6, 6.07) is -1.03. The van der Waals surface area contributed by atoms with Gasteiger partial charge in [-0.15, -0.1) is 11.8 Å². The van der Waals surface area contributed by atoms with Crippen LogP contribution in [0.2, 0.25) is 0 Å². The first-order chi connectivity index (χ1) is 27.5. The summed E-state index contributed by atoms with van der Waals surface area (Å²) in [6.45, 7) is 13.7. The van der Waals surface area contributed by atoms with Crippen LogP contribution in [0.4, 0.5) is 0 Å². The SMILES string of the molecule is C=C1CCCC2=NC[C@H](C)[C@@H](C)C[C@@]23CCC([C@H](CO)SC[C@H](N)C(=O)O)=C[C@H]3[C@@H]2O[C@]3(C[C@H]4CCC[C@@]5(CC[C@@]6(O[C@@H](CC[C@@]6(C)O)C1)O5)O4)C[C@@H](C)[C@@H](O)[C@H]2O3. The first-order valence-corrected chi connectivity index (χ1v) is 23.5. The predicted molar refractivity (Wildman–Crippen MR) is 221 cm³/mol. The van der Waals surface area contributed by atoms with E-state index in [2.05, 4.69) is 33.4 Å². The van der Waals surface area contributed by atoms with Crippen LogP contribution in [-0.4, -0.2) is 116 Å². The summed E-state index contributed by atoms with van der Waals surface area (Å²) in [5, 5.41) is 43.8. The summed E-state index contributed by atoms with van der Waals surface area (Å²) in [5.74, 6) is -3.43. The van der Waals surface area contributed by atoms with Crippen molar-refractivity contribution >= 4 is 23.4 Å². The number of aliphatic imine (C=N–C) groups is 1. The molecule has 6 N–H and O–H groups in total. The molecule has 0 unspecified atom stereocenters. The van der Waals surface area contributed by atoms with Crippen LogP contribution in [0, 0.1) is 29.1 Å². The van der Waals surface area contributed by atoms with Gasteiger partial charge < -0.3 is 49.8 Å². The van der Waals surface area contributed by atoms with Crippen molar-refractivity contribution in [3.8, 4) is 0 Å². The molecular formula is C45H70N2O10S. The average Bonchev–Trinajstić information content (AvgIpc) is 3.65. The van der Waals surface area contributed by atoms with Crippen molar-refractivity contribution in [2.45, 2.75) is 195 Å². The monoisotopic (exact) mass is 830 g/mol. The Hall–Kier alpha value is -1.39. The molecule has 0 saturated carbocycles. The molecule has 16 atom stereocenters. The van der Waals surface area contributed by atoms with Gasteiger partial charge in [0, 0.05) is 66.7 Å². The molecular weight excluding hydrogens is 761 g/mol. The Labute approximate surface area is 349 Å². The number of ether oxygens (including phenoxy) is 5. The number of carboxylic acid groups (broad SMARTS) is 1. The highest BCUT2D eigenvalue weighted by atomic mass is 32.2. The van der Waals surface area contributed by atoms with Crippen molar-refractivity contribution in [2.24, 2.45) is 39.8 Å². The molecule has 12 nitrogen and oxygen atoms in total. The predicted octanol–water partition coefficient (Wildman–Crippen LogP) is 6.04. The van der Waals surface area contributed by atoms with Crippen LogP contribution < -0.4 is 5.73 Å². The number of carboxylic acids is 1. The van der Waals surface area contributed by atoms with Gasteiger partial charge in [-0.25, -0.2) is 0 Å². The number of fused-ring (bicyclic) bond motifs is 6. The molecule has 326 valence electrons. The Kier molecular flexibility index (Phi) is 12.2. The molecule has 0 aromatic heterocycles. The number of hydrogen-bond donors (Lipinski definition) is 5. The maximum absolute atomic E-state index is 12.0. The number of rotatable bonds is 6. The van der Waals surface area contributed by atoms with Crippen LogP contribution in [0.3, 0.4) is 0 Å². The summed E-state index contributed by atoms with van der Waals surface area (Å²) >= 11 is 1.39. The Morgan fingerprint density at radius 3 is 2.50 bits per heavy atom. The molecule has 58 heavy (non-hydrogen) atoms. The summed E-state index contributed by atoms with van der Waals surface area (Å²) in [6.07, 6.45) is 11.7. The fourth-order valence-corrected chi connectivity index (χ4v) is 13.3. The lowest BCUT2D eigenvalue weighted by molar-refractivity contribution is -0.403. The summed E-state index contributed by atoms with van der Waals surface area (Å²) in [4.78, 5) is 17.2. The van der Waals surface area contributed by atoms with E-state index in [0.29, 0.717) is 50.4 Å². The van der Waals surface area contributed by atoms with E-state index < -0.39 is 53.3 Å². The van der Waals surface area contributed by atoms with Crippen molar-refractivity contribution in [1.82, 2.24) is 0 Å². The summed E-state index contributed by atoms with van der Waals surface area (Å²) in [7, 11) is 0. The normalized spacial score (nSPS) is 48.1. The lowest BCUT2D eigenvalue weighted by Crippen LogP contribution is -2.60. The number of aliphatic hydroxyl groups excluding tert-OH is 2. The zero-order chi connectivity index (χ0) is 41.3. The van der Waals surface area contributed by atoms with Gasteiger partial charge in [0.1, 0.15) is 17.7 Å². The van der Waals surface area contributed by atoms with E-state index in [-0.39, 0.29) is 47.1 Å². The van der Waals surface area contributed by atoms with Gasteiger partial charge in [-0.3, -0.25) is 9.79 Å². The van der Waals surface area contributed by atoms with Gasteiger partial charge in [0.25, 0.3) is 0 Å². The number of aliphatic hydroxyl groups is 3. The Morgan fingerprint density at radius 1 is 0.931 bits per heavy atom. The number of hydrogen-bond acceptors (Lipinski definition) is 12. The Balaban J connectivity index is 1.20. The molecule has 6 saturated heterocycles. The maximum Gasteiger partial charge on any atom is 0.321 e. The largest absolute Gasteiger partial charge is 0.480 e. The Bertz CT molecular complexity index is 1620. The van der Waals surface area contributed by atoms with Gasteiger partial charge >= 0.3 is 5.97 Å². The number of aliphatic carboxylic acids is 1. The molecule has 4 spiro atoms. The Morgan fingerprint density at radius 2 is 1.72 bits per heavy atom. The summed E-state index contributed by atoms with van der Waals surface area (Å²) in [5.41, 5.74) is 7.80. The van der Waals surface area contributed by atoms with Crippen LogP contribution in [0.5, 0.6) is 0 Å². The first-order valence-electron chi connectivity index (χ1n) is 22.4. The van der Waals surface area contributed by atoms with Crippen LogP contribution in [-0.2, 0) is 28.5 Å². The highest BCUT2D eigenvalue weighted by molar-refractivity contribution is 8.00. The average molecular weight is 831 g/mol. The minimum Gasteiger partial charge on any atom is -0.480 e. The van der Waals surface area contributed by atoms with Crippen molar-refractivity contribution in [1.29, 1.82) is 0 Å². The minimum absolute atomic E-state index is 0.0821. The molecule has 8 rings (SSSR count). The third kappa shape index (κ3) is 7.94.